The van der Waals surface area contributed by atoms with Crippen LogP contribution >= 0.6 is 0 Å². The molecule has 0 bridgehead atoms. The van der Waals surface area contributed by atoms with Crippen LogP contribution in [-0.2, 0) is 11.3 Å². The predicted octanol–water partition coefficient (Wildman–Crippen LogP) is 1.61. The van der Waals surface area contributed by atoms with Gasteiger partial charge in [-0.1, -0.05) is 12.1 Å². The number of nitrogens with two attached hydrogens (primary N) is 1. The average molecular weight is 312 g/mol. The Bertz CT molecular complexity index is 851. The number of furan rings is 1. The van der Waals surface area contributed by atoms with Gasteiger partial charge >= 0.3 is 0 Å². The summed E-state index contributed by atoms with van der Waals surface area (Å²) in [5.74, 6) is -0.0431. The Hall–Kier alpha value is -3.09. The van der Waals surface area contributed by atoms with Crippen molar-refractivity contribution in [1.29, 1.82) is 0 Å². The van der Waals surface area contributed by atoms with Crippen molar-refractivity contribution in [2.45, 2.75) is 19.5 Å². The zero-order valence-corrected chi connectivity index (χ0v) is 12.5. The maximum absolute atomic E-state index is 12.1. The second-order valence-corrected chi connectivity index (χ2v) is 5.18. The van der Waals surface area contributed by atoms with Crippen LogP contribution in [0.3, 0.4) is 0 Å². The molecule has 118 valence electrons. The van der Waals surface area contributed by atoms with Crippen molar-refractivity contribution in [3.63, 3.8) is 0 Å². The molecule has 3 rings (SSSR count). The highest BCUT2D eigenvalue weighted by atomic mass is 16.3. The first-order valence-electron chi connectivity index (χ1n) is 7.14. The fraction of sp³-hybridized carbons (Fsp3) is 0.188. The maximum atomic E-state index is 12.1. The molecule has 7 heteroatoms. The number of aromatic nitrogens is 2. The molecule has 2 amide bonds. The van der Waals surface area contributed by atoms with Gasteiger partial charge in [-0.2, -0.15) is 0 Å². The van der Waals surface area contributed by atoms with Crippen molar-refractivity contribution in [1.82, 2.24) is 14.9 Å². The zero-order chi connectivity index (χ0) is 16.4. The molecule has 2 aromatic heterocycles. The Morgan fingerprint density at radius 2 is 2.09 bits per heavy atom. The molecule has 3 N–H and O–H groups in total. The quantitative estimate of drug-likeness (QED) is 0.747. The van der Waals surface area contributed by atoms with Gasteiger partial charge in [-0.05, 0) is 31.2 Å². The molecule has 0 aliphatic heterocycles. The number of hydrogen-bond acceptors (Lipinski definition) is 4. The third-order valence-electron chi connectivity index (χ3n) is 3.48. The van der Waals surface area contributed by atoms with Gasteiger partial charge in [0.25, 0.3) is 5.91 Å². The smallest absolute Gasteiger partial charge is 0.287 e. The molecule has 1 unspecified atom stereocenters. The lowest BCUT2D eigenvalue weighted by atomic mass is 10.3. The fourth-order valence-electron chi connectivity index (χ4n) is 2.49. The van der Waals surface area contributed by atoms with Gasteiger partial charge in [-0.25, -0.2) is 4.98 Å². The van der Waals surface area contributed by atoms with Gasteiger partial charge in [-0.15, -0.1) is 0 Å². The monoisotopic (exact) mass is 312 g/mol. The molecular formula is C16H16N4O3. The highest BCUT2D eigenvalue weighted by Crippen LogP contribution is 2.21. The lowest BCUT2D eigenvalue weighted by Crippen LogP contribution is -2.29. The standard InChI is InChI=1S/C16H16N4O3/c1-10(18-16(22)13-7-4-8-23-13)15-19-11-5-2-3-6-12(11)20(15)9-14(17)21/h2-8,10H,9H2,1H3,(H2,17,21)(H,18,22). The van der Waals surface area contributed by atoms with Crippen LogP contribution in [0, 0.1) is 0 Å². The minimum atomic E-state index is -0.473. The van der Waals surface area contributed by atoms with E-state index in [4.69, 9.17) is 10.2 Å². The third-order valence-corrected chi connectivity index (χ3v) is 3.48. The number of carbonyl (C=O) groups is 2. The molecule has 7 nitrogen and oxygen atoms in total. The molecule has 23 heavy (non-hydrogen) atoms. The summed E-state index contributed by atoms with van der Waals surface area (Å²) in [6, 6.07) is 10.2. The summed E-state index contributed by atoms with van der Waals surface area (Å²) in [4.78, 5) is 28.0. The number of para-hydroxylation sites is 2. The van der Waals surface area contributed by atoms with Gasteiger partial charge in [0.2, 0.25) is 5.91 Å². The van der Waals surface area contributed by atoms with Crippen molar-refractivity contribution in [2.75, 3.05) is 0 Å². The SMILES string of the molecule is CC(NC(=O)c1ccco1)c1nc2ccccc2n1CC(N)=O. The number of carbonyl (C=O) groups excluding carboxylic acids is 2. The summed E-state index contributed by atoms with van der Waals surface area (Å²) in [5.41, 5.74) is 6.86. The van der Waals surface area contributed by atoms with Crippen molar-refractivity contribution in [2.24, 2.45) is 5.73 Å². The minimum absolute atomic E-state index is 0.00317. The number of nitrogens with zero attached hydrogens (tertiary/aromatic N) is 2. The highest BCUT2D eigenvalue weighted by Gasteiger charge is 2.20. The van der Waals surface area contributed by atoms with Crippen molar-refractivity contribution in [3.8, 4) is 0 Å². The zero-order valence-electron chi connectivity index (χ0n) is 12.5. The third kappa shape index (κ3) is 2.94. The molecule has 0 saturated heterocycles. The second-order valence-electron chi connectivity index (χ2n) is 5.18. The van der Waals surface area contributed by atoms with Gasteiger partial charge in [-0.3, -0.25) is 9.59 Å². The highest BCUT2D eigenvalue weighted by molar-refractivity contribution is 5.91. The molecule has 1 atom stereocenters. The average Bonchev–Trinajstić information content (AvgIpc) is 3.15. The minimum Gasteiger partial charge on any atom is -0.459 e. The van der Waals surface area contributed by atoms with Gasteiger partial charge in [0.05, 0.1) is 23.3 Å². The van der Waals surface area contributed by atoms with Crippen LogP contribution in [-0.4, -0.2) is 21.4 Å². The van der Waals surface area contributed by atoms with E-state index >= 15 is 0 Å². The van der Waals surface area contributed by atoms with E-state index < -0.39 is 11.9 Å². The Morgan fingerprint density at radius 3 is 2.78 bits per heavy atom. The largest absolute Gasteiger partial charge is 0.459 e. The summed E-state index contributed by atoms with van der Waals surface area (Å²) < 4.78 is 6.79. The normalized spacial score (nSPS) is 12.2. The molecule has 0 aliphatic rings. The lowest BCUT2D eigenvalue weighted by molar-refractivity contribution is -0.118. The van der Waals surface area contributed by atoms with E-state index in [1.807, 2.05) is 24.3 Å². The van der Waals surface area contributed by atoms with Crippen LogP contribution in [0.2, 0.25) is 0 Å². The Balaban J connectivity index is 1.94. The van der Waals surface area contributed by atoms with Crippen molar-refractivity contribution >= 4 is 22.8 Å². The maximum Gasteiger partial charge on any atom is 0.287 e. The number of fused-ring (bicyclic) bond motifs is 1. The molecular weight excluding hydrogens is 296 g/mol. The summed E-state index contributed by atoms with van der Waals surface area (Å²) in [7, 11) is 0. The van der Waals surface area contributed by atoms with Crippen LogP contribution in [0.25, 0.3) is 11.0 Å². The van der Waals surface area contributed by atoms with E-state index in [1.165, 1.54) is 6.26 Å². The molecule has 0 aliphatic carbocycles. The van der Waals surface area contributed by atoms with Gasteiger partial charge in [0.1, 0.15) is 12.4 Å². The molecule has 3 aromatic rings. The van der Waals surface area contributed by atoms with Crippen molar-refractivity contribution in [3.05, 3.63) is 54.2 Å². The van der Waals surface area contributed by atoms with Crippen LogP contribution in [0.5, 0.6) is 0 Å². The van der Waals surface area contributed by atoms with Gasteiger partial charge < -0.3 is 20.0 Å². The molecule has 1 aromatic carbocycles. The van der Waals surface area contributed by atoms with Crippen LogP contribution in [0.15, 0.2) is 47.1 Å². The predicted molar refractivity (Wildman–Crippen MR) is 83.5 cm³/mol. The Labute approximate surface area is 132 Å². The first kappa shape index (κ1) is 14.8. The molecule has 2 heterocycles. The fourth-order valence-corrected chi connectivity index (χ4v) is 2.49. The van der Waals surface area contributed by atoms with E-state index in [9.17, 15) is 9.59 Å². The Kier molecular flexibility index (Phi) is 3.84. The number of nitrogens with one attached hydrogen (secondary N) is 1. The number of primary amides is 1. The first-order valence-corrected chi connectivity index (χ1v) is 7.14. The van der Waals surface area contributed by atoms with Gasteiger partial charge in [0.15, 0.2) is 5.76 Å². The van der Waals surface area contributed by atoms with Crippen LogP contribution in [0.4, 0.5) is 0 Å². The Morgan fingerprint density at radius 1 is 1.30 bits per heavy atom. The molecule has 0 radical (unpaired) electrons. The number of benzene rings is 1. The summed E-state index contributed by atoms with van der Waals surface area (Å²) in [5, 5.41) is 2.81. The van der Waals surface area contributed by atoms with E-state index in [1.54, 1.807) is 23.6 Å². The number of imidazole rings is 1. The second kappa shape index (κ2) is 5.96. The first-order chi connectivity index (χ1) is 11.1. The summed E-state index contributed by atoms with van der Waals surface area (Å²) >= 11 is 0. The van der Waals surface area contributed by atoms with Gasteiger partial charge in [0, 0.05) is 0 Å². The summed E-state index contributed by atoms with van der Waals surface area (Å²) in [6.07, 6.45) is 1.43. The summed E-state index contributed by atoms with van der Waals surface area (Å²) in [6.45, 7) is 1.79. The number of amides is 2. The van der Waals surface area contributed by atoms with Crippen LogP contribution in [0.1, 0.15) is 29.3 Å². The van der Waals surface area contributed by atoms with Crippen LogP contribution < -0.4 is 11.1 Å². The lowest BCUT2D eigenvalue weighted by Gasteiger charge is -2.14. The molecule has 0 spiro atoms. The molecule has 0 fully saturated rings. The number of rotatable bonds is 5. The molecule has 0 saturated carbocycles. The van der Waals surface area contributed by atoms with E-state index in [0.29, 0.717) is 5.82 Å². The van der Waals surface area contributed by atoms with E-state index in [2.05, 4.69) is 10.3 Å². The van der Waals surface area contributed by atoms with Crippen molar-refractivity contribution < 1.29 is 14.0 Å². The van der Waals surface area contributed by atoms with E-state index in [-0.39, 0.29) is 18.2 Å². The topological polar surface area (TPSA) is 103 Å². The number of hydrogen-bond donors (Lipinski definition) is 2. The van der Waals surface area contributed by atoms with E-state index in [0.717, 1.165) is 11.0 Å².